The molecule has 0 aliphatic heterocycles. The van der Waals surface area contributed by atoms with Gasteiger partial charge in [0.1, 0.15) is 23.8 Å². The number of halogens is 3. The van der Waals surface area contributed by atoms with Crippen LogP contribution in [0.2, 0.25) is 15.1 Å². The molecule has 196 valence electrons. The highest BCUT2D eigenvalue weighted by molar-refractivity contribution is 6.38. The lowest BCUT2D eigenvalue weighted by Gasteiger charge is -2.15. The molecule has 0 amide bonds. The van der Waals surface area contributed by atoms with Crippen LogP contribution in [0.15, 0.2) is 59.4 Å². The summed E-state index contributed by atoms with van der Waals surface area (Å²) in [5, 5.41) is 5.69. The number of hydrogen-bond donors (Lipinski definition) is 0. The van der Waals surface area contributed by atoms with Crippen molar-refractivity contribution in [2.75, 3.05) is 7.11 Å². The van der Waals surface area contributed by atoms with Crippen LogP contribution in [0.1, 0.15) is 64.4 Å². The van der Waals surface area contributed by atoms with E-state index in [0.717, 1.165) is 35.3 Å². The molecule has 0 N–H and O–H groups in total. The van der Waals surface area contributed by atoms with Gasteiger partial charge in [-0.2, -0.15) is 0 Å². The summed E-state index contributed by atoms with van der Waals surface area (Å²) >= 11 is 19.5. The van der Waals surface area contributed by atoms with Gasteiger partial charge in [0.2, 0.25) is 0 Å². The van der Waals surface area contributed by atoms with Crippen molar-refractivity contribution in [2.45, 2.75) is 44.6 Å². The van der Waals surface area contributed by atoms with E-state index in [1.54, 1.807) is 6.07 Å². The largest absolute Gasteiger partial charge is 0.489 e. The number of esters is 1. The molecule has 1 aliphatic carbocycles. The van der Waals surface area contributed by atoms with Crippen molar-refractivity contribution in [3.8, 4) is 17.0 Å². The second-order valence-corrected chi connectivity index (χ2v) is 10.6. The van der Waals surface area contributed by atoms with E-state index in [2.05, 4.69) is 17.1 Å². The van der Waals surface area contributed by atoms with E-state index in [1.165, 1.54) is 19.5 Å². The monoisotopic (exact) mass is 570 g/mol. The quantitative estimate of drug-likeness (QED) is 0.188. The van der Waals surface area contributed by atoms with Crippen molar-refractivity contribution in [2.24, 2.45) is 0 Å². The molecule has 0 saturated heterocycles. The Kier molecular flexibility index (Phi) is 7.93. The molecule has 1 aliphatic rings. The van der Waals surface area contributed by atoms with E-state index in [1.807, 2.05) is 36.4 Å². The average molecular weight is 572 g/mol. The number of methoxy groups -OCH3 is 1. The van der Waals surface area contributed by atoms with Gasteiger partial charge in [0.25, 0.3) is 0 Å². The van der Waals surface area contributed by atoms with Crippen LogP contribution in [0.5, 0.6) is 5.75 Å². The Balaban J connectivity index is 1.32. The molecule has 1 atom stereocenters. The molecular formula is C29H25Cl3N2O4. The first kappa shape index (κ1) is 26.5. The molecule has 0 radical (unpaired) electrons. The van der Waals surface area contributed by atoms with Gasteiger partial charge in [0.15, 0.2) is 0 Å². The van der Waals surface area contributed by atoms with E-state index >= 15 is 0 Å². The van der Waals surface area contributed by atoms with Crippen molar-refractivity contribution in [1.82, 2.24) is 10.1 Å². The number of rotatable bonds is 9. The molecule has 1 saturated carbocycles. The van der Waals surface area contributed by atoms with Crippen LogP contribution in [-0.2, 0) is 17.8 Å². The van der Waals surface area contributed by atoms with Gasteiger partial charge in [-0.1, -0.05) is 65.1 Å². The Hall–Kier alpha value is -3.06. The van der Waals surface area contributed by atoms with E-state index in [-0.39, 0.29) is 18.5 Å². The van der Waals surface area contributed by atoms with Crippen molar-refractivity contribution in [3.05, 3.63) is 97.9 Å². The zero-order chi connectivity index (χ0) is 26.8. The third-order valence-electron chi connectivity index (χ3n) is 6.67. The molecule has 9 heteroatoms. The lowest BCUT2D eigenvalue weighted by Crippen LogP contribution is -2.05. The van der Waals surface area contributed by atoms with Gasteiger partial charge in [0, 0.05) is 28.9 Å². The Labute approximate surface area is 235 Å². The first-order valence-corrected chi connectivity index (χ1v) is 13.4. The van der Waals surface area contributed by atoms with Gasteiger partial charge >= 0.3 is 5.97 Å². The number of carbonyl (C=O) groups excluding carboxylic acids is 1. The third kappa shape index (κ3) is 5.68. The predicted molar refractivity (Wildman–Crippen MR) is 147 cm³/mol. The van der Waals surface area contributed by atoms with E-state index < -0.39 is 0 Å². The van der Waals surface area contributed by atoms with Crippen LogP contribution in [-0.4, -0.2) is 23.2 Å². The fourth-order valence-corrected chi connectivity index (χ4v) is 5.23. The summed E-state index contributed by atoms with van der Waals surface area (Å²) < 4.78 is 16.7. The number of nitrogens with zero attached hydrogens (tertiary/aromatic N) is 2. The van der Waals surface area contributed by atoms with E-state index in [0.29, 0.717) is 50.0 Å². The maximum Gasteiger partial charge on any atom is 0.337 e. The molecule has 38 heavy (non-hydrogen) atoms. The summed E-state index contributed by atoms with van der Waals surface area (Å²) in [6.07, 6.45) is 5.85. The van der Waals surface area contributed by atoms with Crippen molar-refractivity contribution < 1.29 is 18.8 Å². The van der Waals surface area contributed by atoms with Crippen LogP contribution in [0.3, 0.4) is 0 Å². The molecule has 2 aromatic heterocycles. The van der Waals surface area contributed by atoms with Crippen molar-refractivity contribution in [3.63, 3.8) is 0 Å². The normalized spacial score (nSPS) is 13.8. The smallest absolute Gasteiger partial charge is 0.337 e. The summed E-state index contributed by atoms with van der Waals surface area (Å²) in [6, 6.07) is 13.1. The number of hydrogen-bond acceptors (Lipinski definition) is 6. The van der Waals surface area contributed by atoms with Gasteiger partial charge in [-0.05, 0) is 60.6 Å². The summed E-state index contributed by atoms with van der Waals surface area (Å²) in [5.41, 5.74) is 4.51. The zero-order valence-electron chi connectivity index (χ0n) is 20.8. The van der Waals surface area contributed by atoms with Crippen LogP contribution < -0.4 is 4.74 Å². The number of ether oxygens (including phenoxy) is 2. The van der Waals surface area contributed by atoms with Gasteiger partial charge in [-0.25, -0.2) is 4.79 Å². The Morgan fingerprint density at radius 3 is 2.53 bits per heavy atom. The molecule has 6 nitrogen and oxygen atoms in total. The van der Waals surface area contributed by atoms with Gasteiger partial charge in [-0.15, -0.1) is 0 Å². The van der Waals surface area contributed by atoms with Crippen LogP contribution in [0, 0.1) is 0 Å². The maximum atomic E-state index is 11.9. The fourth-order valence-electron chi connectivity index (χ4n) is 4.44. The third-order valence-corrected chi connectivity index (χ3v) is 7.59. The number of aromatic nitrogens is 2. The SMILES string of the molecule is COC(=O)c1cccc(C(C)Cc2ccc(OCc3c(-c4c(Cl)cncc4Cl)noc3C3CC3)cc2Cl)c1. The van der Waals surface area contributed by atoms with E-state index in [4.69, 9.17) is 48.8 Å². The standard InChI is InChI=1S/C29H25Cl3N2O4/c1-16(18-4-3-5-20(11-18)29(35)36-2)10-19-8-9-21(12-23(19)30)37-15-22-27(34-38-28(22)17-6-7-17)26-24(31)13-33-14-25(26)32/h3-5,8-9,11-14,16-17H,6-7,10,15H2,1-2H3. The zero-order valence-corrected chi connectivity index (χ0v) is 23.1. The van der Waals surface area contributed by atoms with Gasteiger partial charge < -0.3 is 14.0 Å². The molecule has 4 aromatic rings. The molecule has 5 rings (SSSR count). The molecule has 2 aromatic carbocycles. The topological polar surface area (TPSA) is 74.5 Å². The number of benzene rings is 2. The van der Waals surface area contributed by atoms with Crippen molar-refractivity contribution >= 4 is 40.8 Å². The van der Waals surface area contributed by atoms with Crippen LogP contribution >= 0.6 is 34.8 Å². The summed E-state index contributed by atoms with van der Waals surface area (Å²) in [4.78, 5) is 15.9. The highest BCUT2D eigenvalue weighted by atomic mass is 35.5. The Morgan fingerprint density at radius 2 is 1.84 bits per heavy atom. The molecule has 1 unspecified atom stereocenters. The molecule has 0 bridgehead atoms. The first-order valence-electron chi connectivity index (χ1n) is 12.2. The minimum atomic E-state index is -0.354. The second kappa shape index (κ2) is 11.4. The summed E-state index contributed by atoms with van der Waals surface area (Å²) in [7, 11) is 1.38. The lowest BCUT2D eigenvalue weighted by molar-refractivity contribution is 0.0600. The molecule has 1 fully saturated rings. The fraction of sp³-hybridized carbons (Fsp3) is 0.276. The maximum absolute atomic E-state index is 11.9. The highest BCUT2D eigenvalue weighted by Crippen LogP contribution is 2.46. The van der Waals surface area contributed by atoms with E-state index in [9.17, 15) is 4.79 Å². The van der Waals surface area contributed by atoms with Gasteiger partial charge in [0.05, 0.1) is 28.3 Å². The lowest BCUT2D eigenvalue weighted by atomic mass is 9.92. The molecular weight excluding hydrogens is 547 g/mol. The molecule has 2 heterocycles. The van der Waals surface area contributed by atoms with Crippen molar-refractivity contribution in [1.29, 1.82) is 0 Å². The first-order chi connectivity index (χ1) is 18.4. The number of pyridine rings is 1. The van der Waals surface area contributed by atoms with Crippen LogP contribution in [0.25, 0.3) is 11.3 Å². The Bertz CT molecular complexity index is 1460. The summed E-state index contributed by atoms with van der Waals surface area (Å²) in [5.74, 6) is 1.53. The average Bonchev–Trinajstić information content (AvgIpc) is 3.68. The van der Waals surface area contributed by atoms with Crippen LogP contribution in [0.4, 0.5) is 0 Å². The number of carbonyl (C=O) groups is 1. The Morgan fingerprint density at radius 1 is 1.08 bits per heavy atom. The minimum absolute atomic E-state index is 0.138. The predicted octanol–water partition coefficient (Wildman–Crippen LogP) is 8.29. The molecule has 0 spiro atoms. The minimum Gasteiger partial charge on any atom is -0.489 e. The second-order valence-electron chi connectivity index (χ2n) is 9.39. The summed E-state index contributed by atoms with van der Waals surface area (Å²) in [6.45, 7) is 2.32. The highest BCUT2D eigenvalue weighted by Gasteiger charge is 2.33. The van der Waals surface area contributed by atoms with Gasteiger partial charge in [-0.3, -0.25) is 4.98 Å².